The van der Waals surface area contributed by atoms with Crippen molar-refractivity contribution in [3.63, 3.8) is 0 Å². The van der Waals surface area contributed by atoms with Gasteiger partial charge in [-0.2, -0.15) is 0 Å². The molecule has 0 aliphatic carbocycles. The highest BCUT2D eigenvalue weighted by Gasteiger charge is 2.01. The summed E-state index contributed by atoms with van der Waals surface area (Å²) in [5.74, 6) is 2.24. The smallest absolute Gasteiger partial charge is 0.132 e. The topological polar surface area (TPSA) is 59.1 Å². The number of rotatable bonds is 7. The van der Waals surface area contributed by atoms with Crippen LogP contribution in [0.25, 0.3) is 0 Å². The molecule has 0 fully saturated rings. The second-order valence-corrected chi connectivity index (χ2v) is 4.62. The van der Waals surface area contributed by atoms with E-state index < -0.39 is 0 Å². The molecule has 0 unspecified atom stereocenters. The summed E-state index contributed by atoms with van der Waals surface area (Å²) >= 11 is 1.79. The first-order chi connectivity index (χ1) is 7.74. The van der Waals surface area contributed by atoms with Crippen LogP contribution in [0.4, 0.5) is 0 Å². The molecule has 88 valence electrons. The number of unbranched alkanes of at least 4 members (excludes halogenated alkanes) is 1. The van der Waals surface area contributed by atoms with Crippen LogP contribution in [0.15, 0.2) is 29.2 Å². The predicted octanol–water partition coefficient (Wildman–Crippen LogP) is 2.89. The molecule has 0 aliphatic rings. The van der Waals surface area contributed by atoms with Gasteiger partial charge in [0.2, 0.25) is 0 Å². The van der Waals surface area contributed by atoms with E-state index in [0.29, 0.717) is 6.42 Å². The average Bonchev–Trinajstić information content (AvgIpc) is 2.29. The largest absolute Gasteiger partial charge is 0.496 e. The van der Waals surface area contributed by atoms with E-state index in [1.54, 1.807) is 18.9 Å². The number of hydrogen-bond acceptors (Lipinski definition) is 3. The third kappa shape index (κ3) is 4.57. The highest BCUT2D eigenvalue weighted by atomic mass is 32.2. The molecule has 16 heavy (non-hydrogen) atoms. The Morgan fingerprint density at radius 1 is 1.38 bits per heavy atom. The van der Waals surface area contributed by atoms with Crippen molar-refractivity contribution in [3.8, 4) is 5.75 Å². The molecule has 0 atom stereocenters. The summed E-state index contributed by atoms with van der Waals surface area (Å²) in [6.07, 6.45) is 2.76. The van der Waals surface area contributed by atoms with Gasteiger partial charge in [0, 0.05) is 11.3 Å². The summed E-state index contributed by atoms with van der Waals surface area (Å²) in [6, 6.07) is 8.02. The van der Waals surface area contributed by atoms with E-state index in [9.17, 15) is 0 Å². The fourth-order valence-corrected chi connectivity index (χ4v) is 2.37. The van der Waals surface area contributed by atoms with E-state index in [4.69, 9.17) is 15.9 Å². The molecule has 0 spiro atoms. The van der Waals surface area contributed by atoms with Crippen molar-refractivity contribution in [3.05, 3.63) is 24.3 Å². The standard InChI is InChI=1S/C12H18N2OS/c1-15-10-6-2-3-7-11(10)16-9-5-4-8-12(13)14/h2-3,6-7H,4-5,8-9H2,1H3,(H3,13,14). The molecule has 1 aromatic carbocycles. The summed E-state index contributed by atoms with van der Waals surface area (Å²) in [4.78, 5) is 1.17. The van der Waals surface area contributed by atoms with E-state index in [1.165, 1.54) is 4.90 Å². The molecule has 0 heterocycles. The Bertz CT molecular complexity index is 342. The molecule has 3 N–H and O–H groups in total. The first kappa shape index (κ1) is 12.9. The predicted molar refractivity (Wildman–Crippen MR) is 69.5 cm³/mol. The van der Waals surface area contributed by atoms with Gasteiger partial charge in [0.25, 0.3) is 0 Å². The first-order valence-corrected chi connectivity index (χ1v) is 6.31. The van der Waals surface area contributed by atoms with E-state index >= 15 is 0 Å². The van der Waals surface area contributed by atoms with Gasteiger partial charge in [-0.15, -0.1) is 11.8 Å². The van der Waals surface area contributed by atoms with Gasteiger partial charge >= 0.3 is 0 Å². The number of benzene rings is 1. The molecule has 1 rings (SSSR count). The minimum absolute atomic E-state index is 0.280. The SMILES string of the molecule is COc1ccccc1SCCCCC(=N)N. The summed E-state index contributed by atoms with van der Waals surface area (Å²) in [7, 11) is 1.69. The van der Waals surface area contributed by atoms with E-state index in [-0.39, 0.29) is 5.84 Å². The molecule has 1 aromatic rings. The summed E-state index contributed by atoms with van der Waals surface area (Å²) in [5, 5.41) is 7.11. The van der Waals surface area contributed by atoms with E-state index in [1.807, 2.05) is 18.2 Å². The van der Waals surface area contributed by atoms with E-state index in [2.05, 4.69) is 6.07 Å². The molecule has 3 nitrogen and oxygen atoms in total. The molecular weight excluding hydrogens is 220 g/mol. The fourth-order valence-electron chi connectivity index (χ4n) is 1.34. The molecule has 0 aliphatic heterocycles. The maximum absolute atomic E-state index is 7.11. The molecule has 0 radical (unpaired) electrons. The fraction of sp³-hybridized carbons (Fsp3) is 0.417. The molecular formula is C12H18N2OS. The van der Waals surface area contributed by atoms with Gasteiger partial charge < -0.3 is 10.5 Å². The Balaban J connectivity index is 2.28. The van der Waals surface area contributed by atoms with Crippen LogP contribution >= 0.6 is 11.8 Å². The molecule has 0 saturated heterocycles. The number of amidine groups is 1. The number of para-hydroxylation sites is 1. The molecule has 0 aromatic heterocycles. The van der Waals surface area contributed by atoms with E-state index in [0.717, 1.165) is 24.3 Å². The quantitative estimate of drug-likeness (QED) is 0.332. The van der Waals surface area contributed by atoms with Crippen LogP contribution in [0, 0.1) is 5.41 Å². The number of thioether (sulfide) groups is 1. The zero-order valence-corrected chi connectivity index (χ0v) is 10.3. The molecule has 0 saturated carbocycles. The van der Waals surface area contributed by atoms with Gasteiger partial charge in [-0.05, 0) is 30.7 Å². The molecule has 0 bridgehead atoms. The lowest BCUT2D eigenvalue weighted by molar-refractivity contribution is 0.405. The van der Waals surface area contributed by atoms with Crippen LogP contribution < -0.4 is 10.5 Å². The van der Waals surface area contributed by atoms with Crippen LogP contribution in [-0.4, -0.2) is 18.7 Å². The number of nitrogens with two attached hydrogens (primary N) is 1. The monoisotopic (exact) mass is 238 g/mol. The Labute approximate surface area is 101 Å². The highest BCUT2D eigenvalue weighted by molar-refractivity contribution is 7.99. The normalized spacial score (nSPS) is 10.1. The highest BCUT2D eigenvalue weighted by Crippen LogP contribution is 2.29. The zero-order chi connectivity index (χ0) is 11.8. The van der Waals surface area contributed by atoms with Gasteiger partial charge in [-0.25, -0.2) is 0 Å². The number of ether oxygens (including phenoxy) is 1. The Kier molecular flexibility index (Phi) is 5.78. The maximum Gasteiger partial charge on any atom is 0.132 e. The van der Waals surface area contributed by atoms with Crippen LogP contribution in [-0.2, 0) is 0 Å². The van der Waals surface area contributed by atoms with Crippen LogP contribution in [0.1, 0.15) is 19.3 Å². The van der Waals surface area contributed by atoms with Crippen molar-refractivity contribution in [2.24, 2.45) is 5.73 Å². The number of hydrogen-bond donors (Lipinski definition) is 2. The minimum Gasteiger partial charge on any atom is -0.496 e. The van der Waals surface area contributed by atoms with Gasteiger partial charge in [0.05, 0.1) is 12.9 Å². The second kappa shape index (κ2) is 7.17. The number of methoxy groups -OCH3 is 1. The average molecular weight is 238 g/mol. The lowest BCUT2D eigenvalue weighted by atomic mass is 10.2. The first-order valence-electron chi connectivity index (χ1n) is 5.32. The van der Waals surface area contributed by atoms with Crippen molar-refractivity contribution < 1.29 is 4.74 Å². The Morgan fingerprint density at radius 3 is 2.81 bits per heavy atom. The summed E-state index contributed by atoms with van der Waals surface area (Å²) < 4.78 is 5.27. The van der Waals surface area contributed by atoms with Gasteiger partial charge in [-0.3, -0.25) is 5.41 Å². The lowest BCUT2D eigenvalue weighted by Crippen LogP contribution is -2.08. The minimum atomic E-state index is 0.280. The maximum atomic E-state index is 7.11. The van der Waals surface area contributed by atoms with Crippen LogP contribution in [0.2, 0.25) is 0 Å². The lowest BCUT2D eigenvalue weighted by Gasteiger charge is -2.07. The zero-order valence-electron chi connectivity index (χ0n) is 9.53. The Hall–Kier alpha value is -1.16. The van der Waals surface area contributed by atoms with Gasteiger partial charge in [0.1, 0.15) is 5.75 Å². The summed E-state index contributed by atoms with van der Waals surface area (Å²) in [5.41, 5.74) is 5.29. The molecule has 0 amide bonds. The number of nitrogens with one attached hydrogen (secondary N) is 1. The third-order valence-electron chi connectivity index (χ3n) is 2.17. The van der Waals surface area contributed by atoms with Crippen molar-refractivity contribution in [1.29, 1.82) is 5.41 Å². The van der Waals surface area contributed by atoms with Crippen molar-refractivity contribution in [1.82, 2.24) is 0 Å². The van der Waals surface area contributed by atoms with Gasteiger partial charge in [0.15, 0.2) is 0 Å². The van der Waals surface area contributed by atoms with Crippen molar-refractivity contribution in [2.45, 2.75) is 24.2 Å². The van der Waals surface area contributed by atoms with Gasteiger partial charge in [-0.1, -0.05) is 12.1 Å². The van der Waals surface area contributed by atoms with Crippen LogP contribution in [0.3, 0.4) is 0 Å². The van der Waals surface area contributed by atoms with Crippen molar-refractivity contribution >= 4 is 17.6 Å². The van der Waals surface area contributed by atoms with Crippen molar-refractivity contribution in [2.75, 3.05) is 12.9 Å². The Morgan fingerprint density at radius 2 is 2.12 bits per heavy atom. The third-order valence-corrected chi connectivity index (χ3v) is 3.31. The molecule has 4 heteroatoms. The second-order valence-electron chi connectivity index (χ2n) is 3.48. The summed E-state index contributed by atoms with van der Waals surface area (Å²) in [6.45, 7) is 0. The van der Waals surface area contributed by atoms with Crippen LogP contribution in [0.5, 0.6) is 5.75 Å².